The third kappa shape index (κ3) is 4.77. The SMILES string of the molecule is COc1ccc([C@H](NC(=O)Cc2cc(Cl)c3c(c2)OCCCO3)c2nccn2C)cc1. The van der Waals surface area contributed by atoms with Crippen LogP contribution in [0.15, 0.2) is 48.8 Å². The van der Waals surface area contributed by atoms with Gasteiger partial charge in [0.25, 0.3) is 0 Å². The third-order valence-electron chi connectivity index (χ3n) is 5.10. The largest absolute Gasteiger partial charge is 0.497 e. The van der Waals surface area contributed by atoms with Gasteiger partial charge < -0.3 is 24.1 Å². The van der Waals surface area contributed by atoms with Gasteiger partial charge in [0.15, 0.2) is 11.5 Å². The number of halogens is 1. The monoisotopic (exact) mass is 441 g/mol. The average Bonchev–Trinajstić information content (AvgIpc) is 3.03. The molecule has 8 heteroatoms. The number of aromatic nitrogens is 2. The Morgan fingerprint density at radius 2 is 2.03 bits per heavy atom. The van der Waals surface area contributed by atoms with E-state index in [2.05, 4.69) is 10.3 Å². The van der Waals surface area contributed by atoms with Crippen molar-refractivity contribution in [2.24, 2.45) is 7.05 Å². The fourth-order valence-corrected chi connectivity index (χ4v) is 3.82. The first-order valence-corrected chi connectivity index (χ1v) is 10.4. The number of nitrogens with zero attached hydrogens (tertiary/aromatic N) is 2. The highest BCUT2D eigenvalue weighted by atomic mass is 35.5. The van der Waals surface area contributed by atoms with Crippen molar-refractivity contribution < 1.29 is 19.0 Å². The number of imidazole rings is 1. The molecular weight excluding hydrogens is 418 g/mol. The molecule has 2 heterocycles. The maximum absolute atomic E-state index is 13.0. The summed E-state index contributed by atoms with van der Waals surface area (Å²) in [5, 5.41) is 3.54. The first kappa shape index (κ1) is 21.1. The van der Waals surface area contributed by atoms with Crippen LogP contribution in [0.2, 0.25) is 5.02 Å². The molecule has 0 fully saturated rings. The second kappa shape index (κ2) is 9.31. The highest BCUT2D eigenvalue weighted by Gasteiger charge is 2.22. The fourth-order valence-electron chi connectivity index (χ4n) is 3.53. The zero-order valence-electron chi connectivity index (χ0n) is 17.4. The molecule has 0 unspecified atom stereocenters. The van der Waals surface area contributed by atoms with E-state index < -0.39 is 6.04 Å². The molecule has 7 nitrogen and oxygen atoms in total. The molecule has 31 heavy (non-hydrogen) atoms. The third-order valence-corrected chi connectivity index (χ3v) is 5.38. The molecule has 0 bridgehead atoms. The number of benzene rings is 2. The normalized spacial score (nSPS) is 13.9. The van der Waals surface area contributed by atoms with E-state index in [1.807, 2.05) is 48.1 Å². The van der Waals surface area contributed by atoms with Gasteiger partial charge in [0.1, 0.15) is 17.6 Å². The van der Waals surface area contributed by atoms with Crippen molar-refractivity contribution in [1.29, 1.82) is 0 Å². The minimum absolute atomic E-state index is 0.146. The van der Waals surface area contributed by atoms with Gasteiger partial charge in [-0.2, -0.15) is 0 Å². The summed E-state index contributed by atoms with van der Waals surface area (Å²) in [6, 6.07) is 10.7. The standard InChI is InChI=1S/C23H24ClN3O4/c1-27-9-8-25-23(27)21(16-4-6-17(29-2)7-5-16)26-20(28)14-15-12-18(24)22-19(13-15)30-10-3-11-31-22/h4-9,12-13,21H,3,10-11,14H2,1-2H3,(H,26,28)/t21-/m0/s1. The first-order chi connectivity index (χ1) is 15.0. The minimum Gasteiger partial charge on any atom is -0.497 e. The van der Waals surface area contributed by atoms with Gasteiger partial charge in [-0.25, -0.2) is 4.98 Å². The van der Waals surface area contributed by atoms with Gasteiger partial charge in [0.05, 0.1) is 31.8 Å². The lowest BCUT2D eigenvalue weighted by molar-refractivity contribution is -0.121. The van der Waals surface area contributed by atoms with Crippen LogP contribution in [0.4, 0.5) is 0 Å². The molecule has 0 aliphatic carbocycles. The van der Waals surface area contributed by atoms with Crippen LogP contribution < -0.4 is 19.5 Å². The summed E-state index contributed by atoms with van der Waals surface area (Å²) in [4.78, 5) is 17.4. The quantitative estimate of drug-likeness (QED) is 0.631. The molecular formula is C23H24ClN3O4. The molecule has 1 aliphatic rings. The molecule has 0 spiro atoms. The lowest BCUT2D eigenvalue weighted by Gasteiger charge is -2.20. The number of methoxy groups -OCH3 is 1. The Kier molecular flexibility index (Phi) is 6.32. The van der Waals surface area contributed by atoms with E-state index in [0.29, 0.717) is 29.7 Å². The lowest BCUT2D eigenvalue weighted by atomic mass is 10.0. The van der Waals surface area contributed by atoms with E-state index in [1.165, 1.54) is 0 Å². The summed E-state index contributed by atoms with van der Waals surface area (Å²) in [7, 11) is 3.52. The van der Waals surface area contributed by atoms with Gasteiger partial charge in [0, 0.05) is 25.9 Å². The molecule has 1 aliphatic heterocycles. The zero-order valence-corrected chi connectivity index (χ0v) is 18.2. The summed E-state index contributed by atoms with van der Waals surface area (Å²) in [5.41, 5.74) is 1.65. The van der Waals surface area contributed by atoms with Gasteiger partial charge in [0.2, 0.25) is 5.91 Å². The molecule has 3 aromatic rings. The molecule has 1 aromatic heterocycles. The van der Waals surface area contributed by atoms with Gasteiger partial charge >= 0.3 is 0 Å². The number of aryl methyl sites for hydroxylation is 1. The average molecular weight is 442 g/mol. The molecule has 1 amide bonds. The first-order valence-electron chi connectivity index (χ1n) is 10.0. The molecule has 0 saturated heterocycles. The van der Waals surface area contributed by atoms with Crippen molar-refractivity contribution in [3.05, 3.63) is 70.8 Å². The maximum atomic E-state index is 13.0. The van der Waals surface area contributed by atoms with Crippen molar-refractivity contribution in [2.75, 3.05) is 20.3 Å². The van der Waals surface area contributed by atoms with Crippen LogP contribution in [0.25, 0.3) is 0 Å². The van der Waals surface area contributed by atoms with Gasteiger partial charge in [-0.05, 0) is 35.4 Å². The highest BCUT2D eigenvalue weighted by molar-refractivity contribution is 6.32. The Hall–Kier alpha value is -3.19. The van der Waals surface area contributed by atoms with E-state index in [-0.39, 0.29) is 12.3 Å². The molecule has 4 rings (SSSR count). The van der Waals surface area contributed by atoms with Crippen LogP contribution in [-0.2, 0) is 18.3 Å². The smallest absolute Gasteiger partial charge is 0.225 e. The summed E-state index contributed by atoms with van der Waals surface area (Å²) in [6.07, 6.45) is 4.49. The van der Waals surface area contributed by atoms with E-state index in [9.17, 15) is 4.79 Å². The number of amides is 1. The topological polar surface area (TPSA) is 74.6 Å². The Morgan fingerprint density at radius 1 is 1.26 bits per heavy atom. The number of hydrogen-bond donors (Lipinski definition) is 1. The van der Waals surface area contributed by atoms with Crippen molar-refractivity contribution in [3.8, 4) is 17.2 Å². The lowest BCUT2D eigenvalue weighted by Crippen LogP contribution is -2.32. The number of carbonyl (C=O) groups is 1. The summed E-state index contributed by atoms with van der Waals surface area (Å²) < 4.78 is 18.5. The number of rotatable bonds is 6. The van der Waals surface area contributed by atoms with Gasteiger partial charge in [-0.1, -0.05) is 23.7 Å². The predicted octanol–water partition coefficient (Wildman–Crippen LogP) is 3.69. The molecule has 0 saturated carbocycles. The molecule has 1 N–H and O–H groups in total. The van der Waals surface area contributed by atoms with Crippen molar-refractivity contribution >= 4 is 17.5 Å². The summed E-state index contributed by atoms with van der Waals surface area (Å²) >= 11 is 6.37. The van der Waals surface area contributed by atoms with Crippen molar-refractivity contribution in [2.45, 2.75) is 18.9 Å². The van der Waals surface area contributed by atoms with E-state index in [1.54, 1.807) is 19.4 Å². The van der Waals surface area contributed by atoms with E-state index in [4.69, 9.17) is 25.8 Å². The minimum atomic E-state index is -0.408. The van der Waals surface area contributed by atoms with Crippen LogP contribution in [0, 0.1) is 0 Å². The number of hydrogen-bond acceptors (Lipinski definition) is 5. The van der Waals surface area contributed by atoms with E-state index in [0.717, 1.165) is 29.1 Å². The number of fused-ring (bicyclic) bond motifs is 1. The second-order valence-electron chi connectivity index (χ2n) is 7.30. The zero-order chi connectivity index (χ0) is 21.8. The molecule has 1 atom stereocenters. The highest BCUT2D eigenvalue weighted by Crippen LogP contribution is 2.38. The number of nitrogens with one attached hydrogen (secondary N) is 1. The molecule has 2 aromatic carbocycles. The van der Waals surface area contributed by atoms with Gasteiger partial charge in [-0.3, -0.25) is 4.79 Å². The second-order valence-corrected chi connectivity index (χ2v) is 7.71. The predicted molar refractivity (Wildman–Crippen MR) is 117 cm³/mol. The Labute approximate surface area is 185 Å². The molecule has 0 radical (unpaired) electrons. The van der Waals surface area contributed by atoms with Crippen molar-refractivity contribution in [1.82, 2.24) is 14.9 Å². The van der Waals surface area contributed by atoms with Crippen LogP contribution in [0.1, 0.15) is 29.4 Å². The number of carbonyl (C=O) groups excluding carboxylic acids is 1. The number of ether oxygens (including phenoxy) is 3. The van der Waals surface area contributed by atoms with Crippen LogP contribution in [-0.4, -0.2) is 35.8 Å². The summed E-state index contributed by atoms with van der Waals surface area (Å²) in [6.45, 7) is 1.11. The van der Waals surface area contributed by atoms with Crippen LogP contribution in [0.5, 0.6) is 17.2 Å². The maximum Gasteiger partial charge on any atom is 0.225 e. The fraction of sp³-hybridized carbons (Fsp3) is 0.304. The van der Waals surface area contributed by atoms with Gasteiger partial charge in [-0.15, -0.1) is 0 Å². The van der Waals surface area contributed by atoms with Crippen LogP contribution >= 0.6 is 11.6 Å². The van der Waals surface area contributed by atoms with Crippen molar-refractivity contribution in [3.63, 3.8) is 0 Å². The Morgan fingerprint density at radius 3 is 2.74 bits per heavy atom. The Balaban J connectivity index is 1.56. The Bertz CT molecular complexity index is 1070. The summed E-state index contributed by atoms with van der Waals surface area (Å²) in [5.74, 6) is 2.43. The molecule has 162 valence electrons. The van der Waals surface area contributed by atoms with E-state index >= 15 is 0 Å². The van der Waals surface area contributed by atoms with Crippen LogP contribution in [0.3, 0.4) is 0 Å².